The second-order valence-corrected chi connectivity index (χ2v) is 5.89. The number of hydrogen-bond acceptors (Lipinski definition) is 3. The molecule has 1 N–H and O–H groups in total. The molecule has 0 bridgehead atoms. The monoisotopic (exact) mass is 257 g/mol. The van der Waals surface area contributed by atoms with Gasteiger partial charge in [0.15, 0.2) is 0 Å². The Kier molecular flexibility index (Phi) is 4.12. The van der Waals surface area contributed by atoms with Gasteiger partial charge < -0.3 is 5.32 Å². The molecular formula is C11H12FNOS2. The minimum atomic E-state index is -0.291. The molecule has 1 saturated heterocycles. The van der Waals surface area contributed by atoms with Gasteiger partial charge in [-0.15, -0.1) is 11.8 Å². The number of carbonyl (C=O) groups is 1. The van der Waals surface area contributed by atoms with Crippen LogP contribution in [-0.2, 0) is 4.79 Å². The molecule has 0 aliphatic carbocycles. The lowest BCUT2D eigenvalue weighted by atomic mass is 10.3. The molecule has 1 aromatic rings. The number of rotatable bonds is 2. The fourth-order valence-electron chi connectivity index (χ4n) is 1.40. The van der Waals surface area contributed by atoms with E-state index in [9.17, 15) is 9.18 Å². The van der Waals surface area contributed by atoms with Crippen molar-refractivity contribution >= 4 is 35.1 Å². The summed E-state index contributed by atoms with van der Waals surface area (Å²) >= 11 is 3.49. The molecule has 5 heteroatoms. The Morgan fingerprint density at radius 2 is 2.06 bits per heavy atom. The third-order valence-electron chi connectivity index (χ3n) is 2.22. The third-order valence-corrected chi connectivity index (χ3v) is 4.97. The van der Waals surface area contributed by atoms with Gasteiger partial charge in [-0.05, 0) is 24.3 Å². The molecule has 16 heavy (non-hydrogen) atoms. The number of thioether (sulfide) groups is 2. The van der Waals surface area contributed by atoms with Gasteiger partial charge >= 0.3 is 0 Å². The van der Waals surface area contributed by atoms with Crippen LogP contribution in [-0.4, -0.2) is 28.4 Å². The number of halogens is 1. The second kappa shape index (κ2) is 5.59. The van der Waals surface area contributed by atoms with E-state index in [2.05, 4.69) is 5.32 Å². The molecule has 1 amide bonds. The summed E-state index contributed by atoms with van der Waals surface area (Å²) in [5.74, 6) is 2.72. The number of anilines is 1. The lowest BCUT2D eigenvalue weighted by molar-refractivity contribution is -0.115. The van der Waals surface area contributed by atoms with Crippen molar-refractivity contribution in [3.8, 4) is 0 Å². The second-order valence-electron chi connectivity index (χ2n) is 3.43. The van der Waals surface area contributed by atoms with Gasteiger partial charge in [-0.25, -0.2) is 4.39 Å². The average Bonchev–Trinajstić information content (AvgIpc) is 2.33. The maximum Gasteiger partial charge on any atom is 0.238 e. The van der Waals surface area contributed by atoms with Crippen LogP contribution in [0.25, 0.3) is 0 Å². The molecule has 86 valence electrons. The highest BCUT2D eigenvalue weighted by atomic mass is 32.2. The molecular weight excluding hydrogens is 245 g/mol. The van der Waals surface area contributed by atoms with Crippen molar-refractivity contribution in [2.75, 3.05) is 22.6 Å². The van der Waals surface area contributed by atoms with Gasteiger partial charge in [0, 0.05) is 22.9 Å². The topological polar surface area (TPSA) is 29.1 Å². The maximum atomic E-state index is 12.7. The van der Waals surface area contributed by atoms with Gasteiger partial charge in [0.2, 0.25) is 5.91 Å². The molecule has 1 fully saturated rings. The molecule has 1 atom stereocenters. The Morgan fingerprint density at radius 1 is 1.31 bits per heavy atom. The van der Waals surface area contributed by atoms with Crippen LogP contribution in [0.5, 0.6) is 0 Å². The van der Waals surface area contributed by atoms with E-state index in [1.165, 1.54) is 12.1 Å². The summed E-state index contributed by atoms with van der Waals surface area (Å²) in [5, 5.41) is 2.82. The summed E-state index contributed by atoms with van der Waals surface area (Å²) in [4.78, 5) is 11.8. The van der Waals surface area contributed by atoms with Crippen molar-refractivity contribution < 1.29 is 9.18 Å². The van der Waals surface area contributed by atoms with E-state index in [4.69, 9.17) is 0 Å². The third kappa shape index (κ3) is 3.15. The van der Waals surface area contributed by atoms with Crippen LogP contribution in [0.4, 0.5) is 10.1 Å². The lowest BCUT2D eigenvalue weighted by Gasteiger charge is -2.20. The number of benzene rings is 1. The zero-order valence-electron chi connectivity index (χ0n) is 8.61. The van der Waals surface area contributed by atoms with E-state index < -0.39 is 0 Å². The van der Waals surface area contributed by atoms with E-state index in [-0.39, 0.29) is 17.0 Å². The average molecular weight is 257 g/mol. The van der Waals surface area contributed by atoms with Crippen molar-refractivity contribution in [2.45, 2.75) is 5.25 Å². The standard InChI is InChI=1S/C11H12FNOS2/c12-8-1-3-9(4-2-8)13-11(14)10-7-15-5-6-16-10/h1-4,10H,5-7H2,(H,13,14). The van der Waals surface area contributed by atoms with Crippen LogP contribution in [0, 0.1) is 5.82 Å². The fraction of sp³-hybridized carbons (Fsp3) is 0.364. The molecule has 0 aromatic heterocycles. The summed E-state index contributed by atoms with van der Waals surface area (Å²) in [6, 6.07) is 5.85. The summed E-state index contributed by atoms with van der Waals surface area (Å²) < 4.78 is 12.7. The van der Waals surface area contributed by atoms with Gasteiger partial charge in [0.25, 0.3) is 0 Å². The van der Waals surface area contributed by atoms with E-state index in [0.29, 0.717) is 5.69 Å². The van der Waals surface area contributed by atoms with Gasteiger partial charge in [-0.1, -0.05) is 0 Å². The highest BCUT2D eigenvalue weighted by Gasteiger charge is 2.21. The van der Waals surface area contributed by atoms with Crippen LogP contribution in [0.3, 0.4) is 0 Å². The molecule has 0 radical (unpaired) electrons. The number of nitrogens with one attached hydrogen (secondary N) is 1. The molecule has 1 aliphatic heterocycles. The molecule has 2 rings (SSSR count). The van der Waals surface area contributed by atoms with Gasteiger partial charge in [-0.3, -0.25) is 4.79 Å². The lowest BCUT2D eigenvalue weighted by Crippen LogP contribution is -2.30. The van der Waals surface area contributed by atoms with Crippen molar-refractivity contribution in [1.29, 1.82) is 0 Å². The first kappa shape index (κ1) is 11.8. The van der Waals surface area contributed by atoms with Gasteiger partial charge in [0.05, 0.1) is 5.25 Å². The Balaban J connectivity index is 1.93. The van der Waals surface area contributed by atoms with E-state index in [0.717, 1.165) is 17.3 Å². The quantitative estimate of drug-likeness (QED) is 0.883. The summed E-state index contributed by atoms with van der Waals surface area (Å²) in [5.41, 5.74) is 0.655. The molecule has 0 saturated carbocycles. The molecule has 1 aliphatic rings. The Hall–Kier alpha value is -0.680. The Labute approximate surface area is 102 Å². The Bertz CT molecular complexity index is 363. The summed E-state index contributed by atoms with van der Waals surface area (Å²) in [7, 11) is 0. The van der Waals surface area contributed by atoms with Crippen molar-refractivity contribution in [2.24, 2.45) is 0 Å². The number of amides is 1. The van der Waals surface area contributed by atoms with Crippen LogP contribution in [0.2, 0.25) is 0 Å². The van der Waals surface area contributed by atoms with E-state index in [1.54, 1.807) is 35.7 Å². The molecule has 0 spiro atoms. The zero-order valence-corrected chi connectivity index (χ0v) is 10.2. The smallest absolute Gasteiger partial charge is 0.238 e. The normalized spacial score (nSPS) is 20.4. The van der Waals surface area contributed by atoms with Crippen molar-refractivity contribution in [3.63, 3.8) is 0 Å². The van der Waals surface area contributed by atoms with Crippen LogP contribution in [0.1, 0.15) is 0 Å². The van der Waals surface area contributed by atoms with E-state index >= 15 is 0 Å². The number of hydrogen-bond donors (Lipinski definition) is 1. The maximum absolute atomic E-state index is 12.7. The predicted octanol–water partition coefficient (Wildman–Crippen LogP) is 2.61. The zero-order chi connectivity index (χ0) is 11.4. The summed E-state index contributed by atoms with van der Waals surface area (Å²) in [6.45, 7) is 0. The molecule has 1 unspecified atom stereocenters. The van der Waals surface area contributed by atoms with Crippen molar-refractivity contribution in [3.05, 3.63) is 30.1 Å². The van der Waals surface area contributed by atoms with Gasteiger partial charge in [-0.2, -0.15) is 11.8 Å². The van der Waals surface area contributed by atoms with Crippen LogP contribution < -0.4 is 5.32 Å². The summed E-state index contributed by atoms with van der Waals surface area (Å²) in [6.07, 6.45) is 0. The predicted molar refractivity (Wildman–Crippen MR) is 68.6 cm³/mol. The molecule has 2 nitrogen and oxygen atoms in total. The number of carbonyl (C=O) groups excluding carboxylic acids is 1. The fourth-order valence-corrected chi connectivity index (χ4v) is 3.95. The van der Waals surface area contributed by atoms with Crippen molar-refractivity contribution in [1.82, 2.24) is 0 Å². The van der Waals surface area contributed by atoms with Crippen LogP contribution in [0.15, 0.2) is 24.3 Å². The minimum absolute atomic E-state index is 0.0174. The molecule has 1 heterocycles. The highest BCUT2D eigenvalue weighted by molar-refractivity contribution is 8.07. The van der Waals surface area contributed by atoms with Gasteiger partial charge in [0.1, 0.15) is 5.82 Å². The van der Waals surface area contributed by atoms with Crippen LogP contribution >= 0.6 is 23.5 Å². The van der Waals surface area contributed by atoms with E-state index in [1.807, 2.05) is 0 Å². The first-order valence-corrected chi connectivity index (χ1v) is 7.22. The first-order valence-electron chi connectivity index (χ1n) is 5.01. The Morgan fingerprint density at radius 3 is 2.69 bits per heavy atom. The first-order chi connectivity index (χ1) is 7.75. The largest absolute Gasteiger partial charge is 0.325 e. The minimum Gasteiger partial charge on any atom is -0.325 e. The molecule has 1 aromatic carbocycles. The SMILES string of the molecule is O=C(Nc1ccc(F)cc1)C1CSCCS1. The highest BCUT2D eigenvalue weighted by Crippen LogP contribution is 2.25.